The van der Waals surface area contributed by atoms with E-state index in [1.807, 2.05) is 71.5 Å². The zero-order chi connectivity index (χ0) is 23.5. The van der Waals surface area contributed by atoms with Gasteiger partial charge in [0.2, 0.25) is 17.7 Å². The van der Waals surface area contributed by atoms with Gasteiger partial charge in [-0.3, -0.25) is 19.3 Å². The highest BCUT2D eigenvalue weighted by Crippen LogP contribution is 2.38. The molecule has 1 saturated heterocycles. The van der Waals surface area contributed by atoms with Gasteiger partial charge in [0.25, 0.3) is 0 Å². The Hall–Kier alpha value is -3.74. The van der Waals surface area contributed by atoms with Crippen LogP contribution in [0.2, 0.25) is 0 Å². The molecule has 2 aromatic carbocycles. The van der Waals surface area contributed by atoms with Crippen LogP contribution in [0.25, 0.3) is 16.9 Å². The fourth-order valence-corrected chi connectivity index (χ4v) is 5.04. The minimum atomic E-state index is -0.193. The number of nitrogens with zero attached hydrogens (tertiary/aromatic N) is 3. The quantitative estimate of drug-likeness (QED) is 0.549. The molecule has 2 heterocycles. The third kappa shape index (κ3) is 4.38. The van der Waals surface area contributed by atoms with Crippen LogP contribution >= 0.6 is 0 Å². The highest BCUT2D eigenvalue weighted by atomic mass is 16.2. The number of carbonyl (C=O) groups is 3. The molecule has 0 bridgehead atoms. The lowest BCUT2D eigenvalue weighted by atomic mass is 9.81. The molecule has 1 N–H and O–H groups in total. The second-order valence-corrected chi connectivity index (χ2v) is 9.00. The first-order chi connectivity index (χ1) is 16.6. The minimum absolute atomic E-state index is 0.0991. The summed E-state index contributed by atoms with van der Waals surface area (Å²) >= 11 is 0. The highest BCUT2D eigenvalue weighted by molar-refractivity contribution is 6.05. The van der Waals surface area contributed by atoms with E-state index in [2.05, 4.69) is 5.32 Å². The molecule has 1 aliphatic carbocycles. The average Bonchev–Trinajstić information content (AvgIpc) is 3.42. The van der Waals surface area contributed by atoms with Gasteiger partial charge in [0, 0.05) is 36.8 Å². The van der Waals surface area contributed by atoms with Crippen LogP contribution in [-0.4, -0.2) is 38.9 Å². The number of para-hydroxylation sites is 1. The molecule has 5 rings (SSSR count). The SMILES string of the molecule is O=C(CCN1C(=O)C2CCCCC2C1=O)NCc1cn(-c2ccccc2)nc1-c1ccccc1. The van der Waals surface area contributed by atoms with E-state index >= 15 is 0 Å². The maximum Gasteiger partial charge on any atom is 0.233 e. The predicted octanol–water partition coefficient (Wildman–Crippen LogP) is 3.72. The summed E-state index contributed by atoms with van der Waals surface area (Å²) in [5.41, 5.74) is 3.60. The number of likely N-dealkylation sites (tertiary alicyclic amines) is 1. The minimum Gasteiger partial charge on any atom is -0.352 e. The van der Waals surface area contributed by atoms with Gasteiger partial charge in [0.1, 0.15) is 0 Å². The number of hydrogen-bond acceptors (Lipinski definition) is 4. The molecule has 2 atom stereocenters. The smallest absolute Gasteiger partial charge is 0.233 e. The van der Waals surface area contributed by atoms with Crippen LogP contribution < -0.4 is 5.32 Å². The third-order valence-electron chi connectivity index (χ3n) is 6.83. The number of benzene rings is 2. The fraction of sp³-hybridized carbons (Fsp3) is 0.333. The lowest BCUT2D eigenvalue weighted by Crippen LogP contribution is -2.35. The molecule has 7 heteroatoms. The molecule has 0 radical (unpaired) electrons. The highest BCUT2D eigenvalue weighted by Gasteiger charge is 2.47. The molecule has 2 unspecified atom stereocenters. The molecule has 2 aliphatic rings. The van der Waals surface area contributed by atoms with E-state index in [4.69, 9.17) is 5.10 Å². The summed E-state index contributed by atoms with van der Waals surface area (Å²) < 4.78 is 1.81. The maximum absolute atomic E-state index is 12.6. The normalized spacial score (nSPS) is 19.8. The predicted molar refractivity (Wildman–Crippen MR) is 128 cm³/mol. The first-order valence-corrected chi connectivity index (χ1v) is 11.9. The van der Waals surface area contributed by atoms with E-state index in [-0.39, 0.29) is 42.5 Å². The number of rotatable bonds is 7. The molecule has 7 nitrogen and oxygen atoms in total. The fourth-order valence-electron chi connectivity index (χ4n) is 5.04. The summed E-state index contributed by atoms with van der Waals surface area (Å²) in [5.74, 6) is -0.749. The van der Waals surface area contributed by atoms with Gasteiger partial charge in [-0.1, -0.05) is 61.4 Å². The Balaban J connectivity index is 1.25. The average molecular weight is 457 g/mol. The van der Waals surface area contributed by atoms with Gasteiger partial charge >= 0.3 is 0 Å². The van der Waals surface area contributed by atoms with Crippen molar-refractivity contribution in [1.29, 1.82) is 0 Å². The Bertz CT molecular complexity index is 1170. The lowest BCUT2D eigenvalue weighted by Gasteiger charge is -2.19. The van der Waals surface area contributed by atoms with Gasteiger partial charge in [-0.25, -0.2) is 4.68 Å². The van der Waals surface area contributed by atoms with Crippen molar-refractivity contribution in [1.82, 2.24) is 20.0 Å². The van der Waals surface area contributed by atoms with Crippen molar-refractivity contribution in [3.05, 3.63) is 72.4 Å². The Morgan fingerprint density at radius 3 is 2.18 bits per heavy atom. The number of fused-ring (bicyclic) bond motifs is 1. The summed E-state index contributed by atoms with van der Waals surface area (Å²) in [6.07, 6.45) is 5.58. The molecule has 1 aliphatic heterocycles. The molecule has 2 fully saturated rings. The van der Waals surface area contributed by atoms with E-state index in [1.54, 1.807) is 0 Å². The van der Waals surface area contributed by atoms with Crippen molar-refractivity contribution in [3.8, 4) is 16.9 Å². The first-order valence-electron chi connectivity index (χ1n) is 11.9. The molecule has 3 amide bonds. The van der Waals surface area contributed by atoms with E-state index < -0.39 is 0 Å². The third-order valence-corrected chi connectivity index (χ3v) is 6.83. The second-order valence-electron chi connectivity index (χ2n) is 9.00. The number of nitrogens with one attached hydrogen (secondary N) is 1. The van der Waals surface area contributed by atoms with Crippen LogP contribution in [0.3, 0.4) is 0 Å². The Labute approximate surface area is 198 Å². The van der Waals surface area contributed by atoms with Crippen molar-refractivity contribution < 1.29 is 14.4 Å². The Morgan fingerprint density at radius 1 is 0.912 bits per heavy atom. The van der Waals surface area contributed by atoms with Crippen LogP contribution in [0.1, 0.15) is 37.7 Å². The summed E-state index contributed by atoms with van der Waals surface area (Å²) in [7, 11) is 0. The first kappa shape index (κ1) is 22.1. The van der Waals surface area contributed by atoms with Crippen molar-refractivity contribution in [2.75, 3.05) is 6.54 Å². The maximum atomic E-state index is 12.6. The van der Waals surface area contributed by atoms with Crippen LogP contribution in [0.5, 0.6) is 0 Å². The van der Waals surface area contributed by atoms with Crippen LogP contribution in [-0.2, 0) is 20.9 Å². The van der Waals surface area contributed by atoms with Crippen LogP contribution in [0.4, 0.5) is 0 Å². The summed E-state index contributed by atoms with van der Waals surface area (Å²) in [5, 5.41) is 7.72. The lowest BCUT2D eigenvalue weighted by molar-refractivity contribution is -0.140. The van der Waals surface area contributed by atoms with Crippen molar-refractivity contribution in [3.63, 3.8) is 0 Å². The van der Waals surface area contributed by atoms with Gasteiger partial charge in [-0.15, -0.1) is 0 Å². The van der Waals surface area contributed by atoms with Crippen molar-refractivity contribution in [2.24, 2.45) is 11.8 Å². The number of hydrogen-bond donors (Lipinski definition) is 1. The zero-order valence-corrected chi connectivity index (χ0v) is 19.0. The molecular formula is C27H28N4O3. The number of amides is 3. The number of imide groups is 1. The molecule has 3 aromatic rings. The van der Waals surface area contributed by atoms with Crippen molar-refractivity contribution >= 4 is 17.7 Å². The standard InChI is InChI=1S/C27H28N4O3/c32-24(15-16-30-26(33)22-13-7-8-14-23(22)27(30)34)28-17-20-18-31(21-11-5-2-6-12-21)29-25(20)19-9-3-1-4-10-19/h1-6,9-12,18,22-23H,7-8,13-17H2,(H,28,32). The van der Waals surface area contributed by atoms with Crippen LogP contribution in [0, 0.1) is 11.8 Å². The van der Waals surface area contributed by atoms with E-state index in [1.165, 1.54) is 4.90 Å². The molecule has 0 spiro atoms. The molecule has 34 heavy (non-hydrogen) atoms. The summed E-state index contributed by atoms with van der Waals surface area (Å²) in [6.45, 7) is 0.453. The molecular weight excluding hydrogens is 428 g/mol. The molecule has 1 aromatic heterocycles. The number of carbonyl (C=O) groups excluding carboxylic acids is 3. The zero-order valence-electron chi connectivity index (χ0n) is 19.0. The van der Waals surface area contributed by atoms with Gasteiger partial charge in [-0.2, -0.15) is 5.10 Å². The monoisotopic (exact) mass is 456 g/mol. The Morgan fingerprint density at radius 2 is 1.53 bits per heavy atom. The van der Waals surface area contributed by atoms with Gasteiger partial charge < -0.3 is 5.32 Å². The van der Waals surface area contributed by atoms with Crippen molar-refractivity contribution in [2.45, 2.75) is 38.6 Å². The topological polar surface area (TPSA) is 84.3 Å². The summed E-state index contributed by atoms with van der Waals surface area (Å²) in [6, 6.07) is 19.7. The van der Waals surface area contributed by atoms with E-state index in [0.717, 1.165) is 48.2 Å². The molecule has 1 saturated carbocycles. The van der Waals surface area contributed by atoms with Gasteiger partial charge in [-0.05, 0) is 25.0 Å². The number of aromatic nitrogens is 2. The van der Waals surface area contributed by atoms with Gasteiger partial charge in [0.15, 0.2) is 0 Å². The summed E-state index contributed by atoms with van der Waals surface area (Å²) in [4.78, 5) is 39.2. The largest absolute Gasteiger partial charge is 0.352 e. The Kier molecular flexibility index (Phi) is 6.25. The van der Waals surface area contributed by atoms with Gasteiger partial charge in [0.05, 0.1) is 23.2 Å². The molecule has 174 valence electrons. The second kappa shape index (κ2) is 9.63. The van der Waals surface area contributed by atoms with Crippen LogP contribution in [0.15, 0.2) is 66.9 Å². The van der Waals surface area contributed by atoms with E-state index in [0.29, 0.717) is 6.54 Å². The van der Waals surface area contributed by atoms with E-state index in [9.17, 15) is 14.4 Å².